The van der Waals surface area contributed by atoms with E-state index in [1.54, 1.807) is 0 Å². The largest absolute Gasteiger partial charge is 0.494 e. The Morgan fingerprint density at radius 2 is 1.78 bits per heavy atom. The Balaban J connectivity index is 2.30. The summed E-state index contributed by atoms with van der Waals surface area (Å²) in [7, 11) is 0. The standard InChI is InChI=1S/C18H28N2O2S/c1-4-5-6-7-8-13-22-16-11-9-15(10-12-16)19-18(23)20-17(21)14(2)3/h9-12,14H,4-8,13H2,1-3H3,(H2,19,20,21,23). The van der Waals surface area contributed by atoms with E-state index in [1.165, 1.54) is 25.7 Å². The van der Waals surface area contributed by atoms with Gasteiger partial charge >= 0.3 is 0 Å². The maximum atomic E-state index is 11.6. The van der Waals surface area contributed by atoms with E-state index in [2.05, 4.69) is 17.6 Å². The molecule has 0 bridgehead atoms. The van der Waals surface area contributed by atoms with Crippen molar-refractivity contribution in [2.75, 3.05) is 11.9 Å². The van der Waals surface area contributed by atoms with Gasteiger partial charge in [0.2, 0.25) is 5.91 Å². The Bertz CT molecular complexity index is 486. The third-order valence-electron chi connectivity index (χ3n) is 3.39. The monoisotopic (exact) mass is 336 g/mol. The molecule has 0 heterocycles. The molecule has 0 spiro atoms. The van der Waals surface area contributed by atoms with E-state index in [9.17, 15) is 4.79 Å². The number of rotatable bonds is 9. The van der Waals surface area contributed by atoms with Crippen LogP contribution in [-0.4, -0.2) is 17.6 Å². The Labute approximate surface area is 145 Å². The molecule has 0 aliphatic heterocycles. The topological polar surface area (TPSA) is 50.4 Å². The molecule has 0 aliphatic carbocycles. The van der Waals surface area contributed by atoms with Gasteiger partial charge in [0.1, 0.15) is 5.75 Å². The summed E-state index contributed by atoms with van der Waals surface area (Å²) < 4.78 is 5.71. The number of benzene rings is 1. The third-order valence-corrected chi connectivity index (χ3v) is 3.59. The van der Waals surface area contributed by atoms with Crippen molar-refractivity contribution in [1.82, 2.24) is 5.32 Å². The second-order valence-corrected chi connectivity index (χ2v) is 6.29. The molecule has 0 radical (unpaired) electrons. The first-order chi connectivity index (χ1) is 11.0. The Morgan fingerprint density at radius 1 is 1.13 bits per heavy atom. The molecule has 0 fully saturated rings. The van der Waals surface area contributed by atoms with Crippen molar-refractivity contribution in [3.63, 3.8) is 0 Å². The Kier molecular flexibility index (Phi) is 9.29. The molecule has 0 aliphatic rings. The average molecular weight is 337 g/mol. The number of amides is 1. The van der Waals surface area contributed by atoms with Crippen molar-refractivity contribution >= 4 is 28.9 Å². The number of anilines is 1. The smallest absolute Gasteiger partial charge is 0.228 e. The van der Waals surface area contributed by atoms with Crippen LogP contribution in [0, 0.1) is 5.92 Å². The maximum absolute atomic E-state index is 11.6. The summed E-state index contributed by atoms with van der Waals surface area (Å²) in [6.45, 7) is 6.62. The van der Waals surface area contributed by atoms with Crippen LogP contribution in [0.1, 0.15) is 52.9 Å². The van der Waals surface area contributed by atoms with Crippen molar-refractivity contribution in [3.8, 4) is 5.75 Å². The minimum Gasteiger partial charge on any atom is -0.494 e. The first kappa shape index (κ1) is 19.4. The molecule has 0 saturated heterocycles. The second-order valence-electron chi connectivity index (χ2n) is 5.89. The van der Waals surface area contributed by atoms with Crippen LogP contribution in [0.3, 0.4) is 0 Å². The fraction of sp³-hybridized carbons (Fsp3) is 0.556. The van der Waals surface area contributed by atoms with E-state index in [4.69, 9.17) is 17.0 Å². The van der Waals surface area contributed by atoms with E-state index in [0.717, 1.165) is 24.5 Å². The zero-order chi connectivity index (χ0) is 17.1. The van der Waals surface area contributed by atoms with Gasteiger partial charge in [-0.3, -0.25) is 4.79 Å². The van der Waals surface area contributed by atoms with Crippen LogP contribution in [0.5, 0.6) is 5.75 Å². The van der Waals surface area contributed by atoms with Gasteiger partial charge in [-0.15, -0.1) is 0 Å². The summed E-state index contributed by atoms with van der Waals surface area (Å²) >= 11 is 5.11. The number of nitrogens with one attached hydrogen (secondary N) is 2. The predicted molar refractivity (Wildman–Crippen MR) is 99.9 cm³/mol. The number of ether oxygens (including phenoxy) is 1. The van der Waals surface area contributed by atoms with E-state index < -0.39 is 0 Å². The highest BCUT2D eigenvalue weighted by Gasteiger charge is 2.08. The van der Waals surface area contributed by atoms with Crippen LogP contribution in [0.15, 0.2) is 24.3 Å². The molecule has 128 valence electrons. The van der Waals surface area contributed by atoms with Crippen LogP contribution >= 0.6 is 12.2 Å². The zero-order valence-corrected chi connectivity index (χ0v) is 15.2. The number of hydrogen-bond donors (Lipinski definition) is 2. The normalized spacial score (nSPS) is 10.4. The van der Waals surface area contributed by atoms with Gasteiger partial charge in [0.15, 0.2) is 5.11 Å². The summed E-state index contributed by atoms with van der Waals surface area (Å²) in [5.41, 5.74) is 0.828. The molecule has 5 heteroatoms. The summed E-state index contributed by atoms with van der Waals surface area (Å²) in [5, 5.41) is 5.95. The van der Waals surface area contributed by atoms with Gasteiger partial charge in [-0.2, -0.15) is 0 Å². The van der Waals surface area contributed by atoms with E-state index in [1.807, 2.05) is 38.1 Å². The number of carbonyl (C=O) groups excluding carboxylic acids is 1. The van der Waals surface area contributed by atoms with Crippen molar-refractivity contribution in [2.24, 2.45) is 5.92 Å². The van der Waals surface area contributed by atoms with Gasteiger partial charge in [-0.05, 0) is 42.9 Å². The highest BCUT2D eigenvalue weighted by atomic mass is 32.1. The number of hydrogen-bond acceptors (Lipinski definition) is 3. The lowest BCUT2D eigenvalue weighted by Gasteiger charge is -2.12. The molecule has 0 saturated carbocycles. The molecule has 1 rings (SSSR count). The van der Waals surface area contributed by atoms with Crippen LogP contribution < -0.4 is 15.4 Å². The van der Waals surface area contributed by atoms with Gasteiger partial charge in [-0.25, -0.2) is 0 Å². The van der Waals surface area contributed by atoms with Crippen LogP contribution in [0.4, 0.5) is 5.69 Å². The van der Waals surface area contributed by atoms with Gasteiger partial charge in [0.05, 0.1) is 6.61 Å². The van der Waals surface area contributed by atoms with Crippen LogP contribution in [-0.2, 0) is 4.79 Å². The quantitative estimate of drug-likeness (QED) is 0.515. The molecular weight excluding hydrogens is 308 g/mol. The summed E-state index contributed by atoms with van der Waals surface area (Å²) in [4.78, 5) is 11.6. The van der Waals surface area contributed by atoms with Crippen molar-refractivity contribution in [2.45, 2.75) is 52.9 Å². The minimum atomic E-state index is -0.0946. The molecule has 4 nitrogen and oxygen atoms in total. The van der Waals surface area contributed by atoms with Gasteiger partial charge < -0.3 is 15.4 Å². The minimum absolute atomic E-state index is 0.0921. The number of thiocarbonyl (C=S) groups is 1. The summed E-state index contributed by atoms with van der Waals surface area (Å²) in [6, 6.07) is 7.59. The van der Waals surface area contributed by atoms with Crippen molar-refractivity contribution in [3.05, 3.63) is 24.3 Å². The van der Waals surface area contributed by atoms with Crippen molar-refractivity contribution in [1.29, 1.82) is 0 Å². The van der Waals surface area contributed by atoms with Crippen LogP contribution in [0.2, 0.25) is 0 Å². The fourth-order valence-corrected chi connectivity index (χ4v) is 2.17. The zero-order valence-electron chi connectivity index (χ0n) is 14.4. The number of carbonyl (C=O) groups is 1. The third kappa shape index (κ3) is 8.55. The number of unbranched alkanes of at least 4 members (excludes halogenated alkanes) is 4. The maximum Gasteiger partial charge on any atom is 0.228 e. The van der Waals surface area contributed by atoms with E-state index >= 15 is 0 Å². The van der Waals surface area contributed by atoms with Crippen LogP contribution in [0.25, 0.3) is 0 Å². The second kappa shape index (κ2) is 11.0. The van der Waals surface area contributed by atoms with Gasteiger partial charge in [0.25, 0.3) is 0 Å². The summed E-state index contributed by atoms with van der Waals surface area (Å²) in [6.07, 6.45) is 6.15. The first-order valence-electron chi connectivity index (χ1n) is 8.37. The molecule has 23 heavy (non-hydrogen) atoms. The Morgan fingerprint density at radius 3 is 2.39 bits per heavy atom. The van der Waals surface area contributed by atoms with Crippen molar-refractivity contribution < 1.29 is 9.53 Å². The van der Waals surface area contributed by atoms with E-state index in [0.29, 0.717) is 5.11 Å². The lowest BCUT2D eigenvalue weighted by atomic mass is 10.2. The summed E-state index contributed by atoms with van der Waals surface area (Å²) in [5.74, 6) is 0.663. The average Bonchev–Trinajstić information content (AvgIpc) is 2.52. The van der Waals surface area contributed by atoms with Gasteiger partial charge in [-0.1, -0.05) is 46.5 Å². The molecular formula is C18H28N2O2S. The molecule has 0 atom stereocenters. The molecule has 1 amide bonds. The molecule has 1 aromatic carbocycles. The van der Waals surface area contributed by atoms with Gasteiger partial charge in [0, 0.05) is 11.6 Å². The highest BCUT2D eigenvalue weighted by Crippen LogP contribution is 2.16. The molecule has 1 aromatic rings. The molecule has 0 aromatic heterocycles. The predicted octanol–water partition coefficient (Wildman–Crippen LogP) is 4.50. The first-order valence-corrected chi connectivity index (χ1v) is 8.78. The molecule has 0 unspecified atom stereocenters. The Hall–Kier alpha value is -1.62. The lowest BCUT2D eigenvalue weighted by Crippen LogP contribution is -2.36. The van der Waals surface area contributed by atoms with E-state index in [-0.39, 0.29) is 11.8 Å². The lowest BCUT2D eigenvalue weighted by molar-refractivity contribution is -0.122. The highest BCUT2D eigenvalue weighted by molar-refractivity contribution is 7.80. The molecule has 2 N–H and O–H groups in total. The fourth-order valence-electron chi connectivity index (χ4n) is 1.95. The SMILES string of the molecule is CCCCCCCOc1ccc(NC(=S)NC(=O)C(C)C)cc1.